The topological polar surface area (TPSA) is 60.2 Å². The van der Waals surface area contributed by atoms with Gasteiger partial charge in [-0.25, -0.2) is 8.42 Å². The molecule has 0 saturated carbocycles. The first kappa shape index (κ1) is 14.6. The Morgan fingerprint density at radius 2 is 1.53 bits per heavy atom. The van der Waals surface area contributed by atoms with Crippen LogP contribution in [0.4, 0.5) is 5.69 Å². The first-order chi connectivity index (χ1) is 8.88. The molecule has 2 aromatic rings. The molecule has 0 radical (unpaired) electrons. The van der Waals surface area contributed by atoms with Crippen LogP contribution in [0.1, 0.15) is 5.56 Å². The molecule has 0 saturated heterocycles. The minimum Gasteiger partial charge on any atom is -0.398 e. The Hall–Kier alpha value is -0.850. The summed E-state index contributed by atoms with van der Waals surface area (Å²) in [6.07, 6.45) is 0. The van der Waals surface area contributed by atoms with E-state index in [1.54, 1.807) is 42.5 Å². The highest BCUT2D eigenvalue weighted by atomic mass is 79.9. The maximum absolute atomic E-state index is 12.3. The van der Waals surface area contributed by atoms with Crippen molar-refractivity contribution in [2.45, 2.75) is 10.6 Å². The number of nitrogens with two attached hydrogens (primary N) is 1. The highest BCUT2D eigenvalue weighted by Crippen LogP contribution is 2.24. The van der Waals surface area contributed by atoms with E-state index in [2.05, 4.69) is 31.9 Å². The van der Waals surface area contributed by atoms with Crippen LogP contribution < -0.4 is 5.73 Å². The van der Waals surface area contributed by atoms with Crippen molar-refractivity contribution in [3.63, 3.8) is 0 Å². The minimum atomic E-state index is -3.38. The molecular weight excluding hydrogens is 394 g/mol. The predicted octanol–water partition coefficient (Wildman–Crippen LogP) is 3.77. The molecule has 0 aliphatic carbocycles. The fraction of sp³-hybridized carbons (Fsp3) is 0.0769. The van der Waals surface area contributed by atoms with Gasteiger partial charge in [-0.15, -0.1) is 0 Å². The average molecular weight is 405 g/mol. The van der Waals surface area contributed by atoms with Crippen LogP contribution >= 0.6 is 31.9 Å². The van der Waals surface area contributed by atoms with Gasteiger partial charge in [0.05, 0.1) is 10.6 Å². The number of halogens is 2. The quantitative estimate of drug-likeness (QED) is 0.792. The number of rotatable bonds is 3. The number of hydrogen-bond acceptors (Lipinski definition) is 3. The molecule has 0 fully saturated rings. The zero-order valence-corrected chi connectivity index (χ0v) is 13.8. The smallest absolute Gasteiger partial charge is 0.182 e. The van der Waals surface area contributed by atoms with Crippen molar-refractivity contribution >= 4 is 47.4 Å². The van der Waals surface area contributed by atoms with E-state index in [0.717, 1.165) is 8.95 Å². The fourth-order valence-electron chi connectivity index (χ4n) is 1.63. The van der Waals surface area contributed by atoms with Gasteiger partial charge >= 0.3 is 0 Å². The van der Waals surface area contributed by atoms with Gasteiger partial charge < -0.3 is 5.73 Å². The Kier molecular flexibility index (Phi) is 4.32. The van der Waals surface area contributed by atoms with Crippen LogP contribution in [0, 0.1) is 0 Å². The van der Waals surface area contributed by atoms with E-state index < -0.39 is 9.84 Å². The molecule has 2 aromatic carbocycles. The second-order valence-electron chi connectivity index (χ2n) is 4.06. The molecule has 0 bridgehead atoms. The molecule has 0 aromatic heterocycles. The van der Waals surface area contributed by atoms with Crippen molar-refractivity contribution in [1.29, 1.82) is 0 Å². The first-order valence-corrected chi connectivity index (χ1v) is 8.64. The van der Waals surface area contributed by atoms with Crippen LogP contribution in [0.3, 0.4) is 0 Å². The lowest BCUT2D eigenvalue weighted by Crippen LogP contribution is -2.07. The van der Waals surface area contributed by atoms with Gasteiger partial charge in [0.1, 0.15) is 0 Å². The third-order valence-corrected chi connectivity index (χ3v) is 5.33. The van der Waals surface area contributed by atoms with E-state index in [0.29, 0.717) is 11.3 Å². The lowest BCUT2D eigenvalue weighted by atomic mass is 10.2. The summed E-state index contributed by atoms with van der Waals surface area (Å²) in [6, 6.07) is 11.8. The van der Waals surface area contributed by atoms with Gasteiger partial charge in [0.2, 0.25) is 0 Å². The van der Waals surface area contributed by atoms with Crippen LogP contribution in [-0.4, -0.2) is 8.42 Å². The molecule has 0 unspecified atom stereocenters. The van der Waals surface area contributed by atoms with Crippen molar-refractivity contribution in [3.8, 4) is 0 Å². The Balaban J connectivity index is 2.33. The Labute approximate surface area is 129 Å². The molecule has 6 heteroatoms. The Morgan fingerprint density at radius 3 is 2.11 bits per heavy atom. The molecule has 0 atom stereocenters. The minimum absolute atomic E-state index is 0.103. The normalized spacial score (nSPS) is 11.5. The molecule has 0 heterocycles. The fourth-order valence-corrected chi connectivity index (χ4v) is 3.66. The van der Waals surface area contributed by atoms with Gasteiger partial charge in [0.25, 0.3) is 0 Å². The SMILES string of the molecule is Nc1cc(Br)ccc1CS(=O)(=O)c1ccc(Br)cc1. The van der Waals surface area contributed by atoms with E-state index in [-0.39, 0.29) is 10.6 Å². The van der Waals surface area contributed by atoms with E-state index in [9.17, 15) is 8.42 Å². The van der Waals surface area contributed by atoms with Crippen LogP contribution in [0.15, 0.2) is 56.3 Å². The van der Waals surface area contributed by atoms with Crippen molar-refractivity contribution in [3.05, 3.63) is 57.0 Å². The second-order valence-corrected chi connectivity index (χ2v) is 7.88. The average Bonchev–Trinajstić information content (AvgIpc) is 2.33. The van der Waals surface area contributed by atoms with Crippen molar-refractivity contribution < 1.29 is 8.42 Å². The lowest BCUT2D eigenvalue weighted by molar-refractivity contribution is 0.595. The summed E-state index contributed by atoms with van der Waals surface area (Å²) in [4.78, 5) is 0.290. The molecule has 19 heavy (non-hydrogen) atoms. The monoisotopic (exact) mass is 403 g/mol. The molecule has 0 aliphatic heterocycles. The zero-order chi connectivity index (χ0) is 14.0. The molecular formula is C13H11Br2NO2S. The van der Waals surface area contributed by atoms with Crippen molar-refractivity contribution in [2.75, 3.05) is 5.73 Å². The number of nitrogen functional groups attached to an aromatic ring is 1. The summed E-state index contributed by atoms with van der Waals surface area (Å²) in [7, 11) is -3.38. The standard InChI is InChI=1S/C13H11Br2NO2S/c14-10-3-5-12(6-4-10)19(17,18)8-9-1-2-11(15)7-13(9)16/h1-7H,8,16H2. The highest BCUT2D eigenvalue weighted by molar-refractivity contribution is 9.10. The molecule has 0 aliphatic rings. The number of benzene rings is 2. The van der Waals surface area contributed by atoms with Crippen LogP contribution in [0.25, 0.3) is 0 Å². The highest BCUT2D eigenvalue weighted by Gasteiger charge is 2.16. The summed E-state index contributed by atoms with van der Waals surface area (Å²) in [5, 5.41) is 0. The first-order valence-electron chi connectivity index (χ1n) is 5.41. The van der Waals surface area contributed by atoms with E-state index in [4.69, 9.17) is 5.73 Å². The molecule has 100 valence electrons. The van der Waals surface area contributed by atoms with Crippen LogP contribution in [0.5, 0.6) is 0 Å². The second kappa shape index (κ2) is 5.64. The van der Waals surface area contributed by atoms with E-state index in [1.807, 2.05) is 0 Å². The summed E-state index contributed by atoms with van der Waals surface area (Å²) in [5.41, 5.74) is 6.90. The summed E-state index contributed by atoms with van der Waals surface area (Å²) < 4.78 is 26.2. The maximum atomic E-state index is 12.3. The number of hydrogen-bond donors (Lipinski definition) is 1. The Morgan fingerprint density at radius 1 is 0.947 bits per heavy atom. The zero-order valence-electron chi connectivity index (χ0n) is 9.81. The van der Waals surface area contributed by atoms with Crippen LogP contribution in [0.2, 0.25) is 0 Å². The van der Waals surface area contributed by atoms with E-state index >= 15 is 0 Å². The lowest BCUT2D eigenvalue weighted by Gasteiger charge is -2.08. The summed E-state index contributed by atoms with van der Waals surface area (Å²) >= 11 is 6.57. The molecule has 3 nitrogen and oxygen atoms in total. The summed E-state index contributed by atoms with van der Waals surface area (Å²) in [6.45, 7) is 0. The van der Waals surface area contributed by atoms with Gasteiger partial charge in [-0.2, -0.15) is 0 Å². The third kappa shape index (κ3) is 3.58. The molecule has 2 N–H and O–H groups in total. The molecule has 0 spiro atoms. The van der Waals surface area contributed by atoms with Crippen molar-refractivity contribution in [1.82, 2.24) is 0 Å². The van der Waals surface area contributed by atoms with Crippen LogP contribution in [-0.2, 0) is 15.6 Å². The molecule has 2 rings (SSSR count). The Bertz CT molecular complexity index is 697. The van der Waals surface area contributed by atoms with Crippen molar-refractivity contribution in [2.24, 2.45) is 0 Å². The largest absolute Gasteiger partial charge is 0.398 e. The maximum Gasteiger partial charge on any atom is 0.182 e. The van der Waals surface area contributed by atoms with Gasteiger partial charge in [-0.05, 0) is 42.0 Å². The van der Waals surface area contributed by atoms with E-state index in [1.165, 1.54) is 0 Å². The third-order valence-electron chi connectivity index (χ3n) is 2.63. The summed E-state index contributed by atoms with van der Waals surface area (Å²) in [5.74, 6) is -0.103. The van der Waals surface area contributed by atoms with Gasteiger partial charge in [0, 0.05) is 14.6 Å². The van der Waals surface area contributed by atoms with Gasteiger partial charge in [-0.3, -0.25) is 0 Å². The van der Waals surface area contributed by atoms with Gasteiger partial charge in [-0.1, -0.05) is 37.9 Å². The number of sulfone groups is 1. The van der Waals surface area contributed by atoms with Gasteiger partial charge in [0.15, 0.2) is 9.84 Å². The predicted molar refractivity (Wildman–Crippen MR) is 83.6 cm³/mol. The molecule has 0 amide bonds. The number of anilines is 1.